The Kier molecular flexibility index (Phi) is 6.12. The fourth-order valence-corrected chi connectivity index (χ4v) is 3.37. The van der Waals surface area contributed by atoms with Crippen molar-refractivity contribution in [2.24, 2.45) is 5.92 Å². The molecule has 27 heavy (non-hydrogen) atoms. The van der Waals surface area contributed by atoms with Crippen molar-refractivity contribution in [2.75, 3.05) is 29.9 Å². The van der Waals surface area contributed by atoms with Crippen LogP contribution in [0, 0.1) is 12.8 Å². The Bertz CT molecular complexity index is 793. The second-order valence-corrected chi connectivity index (χ2v) is 6.85. The number of carbonyl (C=O) groups is 2. The summed E-state index contributed by atoms with van der Waals surface area (Å²) in [7, 11) is 0. The highest BCUT2D eigenvalue weighted by Crippen LogP contribution is 2.25. The van der Waals surface area contributed by atoms with Gasteiger partial charge in [0.1, 0.15) is 0 Å². The molecule has 2 aromatic carbocycles. The number of esters is 1. The van der Waals surface area contributed by atoms with E-state index in [0.717, 1.165) is 25.9 Å². The average molecular weight is 366 g/mol. The van der Waals surface area contributed by atoms with Gasteiger partial charge in [0.2, 0.25) is 5.91 Å². The predicted molar refractivity (Wildman–Crippen MR) is 107 cm³/mol. The predicted octanol–water partition coefficient (Wildman–Crippen LogP) is 4.03. The maximum Gasteiger partial charge on any atom is 0.340 e. The van der Waals surface area contributed by atoms with Gasteiger partial charge in [-0.05, 0) is 51.0 Å². The van der Waals surface area contributed by atoms with Crippen LogP contribution in [0.3, 0.4) is 0 Å². The van der Waals surface area contributed by atoms with E-state index in [9.17, 15) is 9.59 Å². The third-order valence-electron chi connectivity index (χ3n) is 4.95. The Balaban J connectivity index is 1.60. The summed E-state index contributed by atoms with van der Waals surface area (Å²) in [6.07, 6.45) is 1.59. The van der Waals surface area contributed by atoms with Crippen LogP contribution in [0.25, 0.3) is 0 Å². The molecular formula is C22H26N2O3. The first-order valence-corrected chi connectivity index (χ1v) is 9.47. The van der Waals surface area contributed by atoms with E-state index < -0.39 is 5.97 Å². The minimum absolute atomic E-state index is 0.0321. The molecule has 5 heteroatoms. The molecular weight excluding hydrogens is 340 g/mol. The molecule has 0 spiro atoms. The second-order valence-electron chi connectivity index (χ2n) is 6.85. The van der Waals surface area contributed by atoms with Crippen LogP contribution < -0.4 is 10.2 Å². The Hall–Kier alpha value is -2.82. The number of hydrogen-bond acceptors (Lipinski definition) is 4. The molecule has 5 nitrogen and oxygen atoms in total. The number of nitrogens with one attached hydrogen (secondary N) is 1. The first-order chi connectivity index (χ1) is 13.1. The SMILES string of the molecule is CCOC(=O)c1ccccc1NC(=O)C1CCN(c2ccc(C)cc2)CC1. The summed E-state index contributed by atoms with van der Waals surface area (Å²) in [6, 6.07) is 15.5. The molecule has 1 saturated heterocycles. The van der Waals surface area contributed by atoms with Gasteiger partial charge in [0.15, 0.2) is 0 Å². The van der Waals surface area contributed by atoms with Gasteiger partial charge in [-0.1, -0.05) is 29.8 Å². The Morgan fingerprint density at radius 2 is 1.74 bits per heavy atom. The number of carbonyl (C=O) groups excluding carboxylic acids is 2. The Morgan fingerprint density at radius 1 is 1.07 bits per heavy atom. The van der Waals surface area contributed by atoms with Gasteiger partial charge in [0, 0.05) is 24.7 Å². The number of anilines is 2. The van der Waals surface area contributed by atoms with Gasteiger partial charge in [0.25, 0.3) is 0 Å². The number of amides is 1. The van der Waals surface area contributed by atoms with E-state index in [4.69, 9.17) is 4.74 Å². The fraction of sp³-hybridized carbons (Fsp3) is 0.364. The summed E-state index contributed by atoms with van der Waals surface area (Å²) in [5, 5.41) is 2.92. The molecule has 2 aromatic rings. The van der Waals surface area contributed by atoms with Crippen LogP contribution in [0.15, 0.2) is 48.5 Å². The van der Waals surface area contributed by atoms with Gasteiger partial charge < -0.3 is 15.0 Å². The highest BCUT2D eigenvalue weighted by Gasteiger charge is 2.26. The number of para-hydroxylation sites is 1. The largest absolute Gasteiger partial charge is 0.462 e. The van der Waals surface area contributed by atoms with Crippen LogP contribution in [-0.4, -0.2) is 31.6 Å². The number of rotatable bonds is 5. The van der Waals surface area contributed by atoms with Gasteiger partial charge in [-0.2, -0.15) is 0 Å². The molecule has 0 saturated carbocycles. The van der Waals surface area contributed by atoms with Gasteiger partial charge in [-0.25, -0.2) is 4.79 Å². The zero-order chi connectivity index (χ0) is 19.2. The molecule has 0 aromatic heterocycles. The van der Waals surface area contributed by atoms with Crippen molar-refractivity contribution in [3.05, 3.63) is 59.7 Å². The van der Waals surface area contributed by atoms with Crippen LogP contribution in [0.5, 0.6) is 0 Å². The molecule has 0 unspecified atom stereocenters. The van der Waals surface area contributed by atoms with Crippen molar-refractivity contribution in [3.8, 4) is 0 Å². The summed E-state index contributed by atoms with van der Waals surface area (Å²) in [4.78, 5) is 27.1. The summed E-state index contributed by atoms with van der Waals surface area (Å²) >= 11 is 0. The maximum atomic E-state index is 12.7. The van der Waals surface area contributed by atoms with E-state index in [1.807, 2.05) is 0 Å². The third kappa shape index (κ3) is 4.67. The van der Waals surface area contributed by atoms with Crippen molar-refractivity contribution in [2.45, 2.75) is 26.7 Å². The van der Waals surface area contributed by atoms with Crippen molar-refractivity contribution in [1.29, 1.82) is 0 Å². The van der Waals surface area contributed by atoms with Crippen molar-refractivity contribution in [1.82, 2.24) is 0 Å². The number of hydrogen-bond donors (Lipinski definition) is 1. The zero-order valence-electron chi connectivity index (χ0n) is 15.9. The quantitative estimate of drug-likeness (QED) is 0.812. The van der Waals surface area contributed by atoms with E-state index in [0.29, 0.717) is 17.9 Å². The zero-order valence-corrected chi connectivity index (χ0v) is 15.9. The molecule has 1 aliphatic heterocycles. The lowest BCUT2D eigenvalue weighted by Crippen LogP contribution is -2.38. The van der Waals surface area contributed by atoms with Gasteiger partial charge >= 0.3 is 5.97 Å². The molecule has 142 valence electrons. The normalized spacial score (nSPS) is 14.7. The van der Waals surface area contributed by atoms with E-state index >= 15 is 0 Å². The van der Waals surface area contributed by atoms with Crippen LogP contribution in [0.2, 0.25) is 0 Å². The summed E-state index contributed by atoms with van der Waals surface area (Å²) in [5.41, 5.74) is 3.35. The summed E-state index contributed by atoms with van der Waals surface area (Å²) in [5.74, 6) is -0.500. The lowest BCUT2D eigenvalue weighted by atomic mass is 9.95. The lowest BCUT2D eigenvalue weighted by Gasteiger charge is -2.33. The van der Waals surface area contributed by atoms with E-state index in [1.54, 1.807) is 31.2 Å². The minimum atomic E-state index is -0.414. The lowest BCUT2D eigenvalue weighted by molar-refractivity contribution is -0.120. The molecule has 0 aliphatic carbocycles. The fourth-order valence-electron chi connectivity index (χ4n) is 3.37. The minimum Gasteiger partial charge on any atom is -0.462 e. The standard InChI is InChI=1S/C22H26N2O3/c1-3-27-22(26)19-6-4-5-7-20(19)23-21(25)17-12-14-24(15-13-17)18-10-8-16(2)9-11-18/h4-11,17H,3,12-15H2,1-2H3,(H,23,25). The third-order valence-corrected chi connectivity index (χ3v) is 4.95. The van der Waals surface area contributed by atoms with Gasteiger partial charge in [-0.15, -0.1) is 0 Å². The maximum absolute atomic E-state index is 12.7. The molecule has 1 amide bonds. The second kappa shape index (κ2) is 8.71. The van der Waals surface area contributed by atoms with Crippen LogP contribution in [0.1, 0.15) is 35.7 Å². The molecule has 1 heterocycles. The Morgan fingerprint density at radius 3 is 2.41 bits per heavy atom. The highest BCUT2D eigenvalue weighted by molar-refractivity contribution is 6.01. The van der Waals surface area contributed by atoms with E-state index in [2.05, 4.69) is 41.4 Å². The van der Waals surface area contributed by atoms with E-state index in [1.165, 1.54) is 11.3 Å². The monoisotopic (exact) mass is 366 g/mol. The van der Waals surface area contributed by atoms with Gasteiger partial charge in [-0.3, -0.25) is 4.79 Å². The molecule has 1 N–H and O–H groups in total. The van der Waals surface area contributed by atoms with Crippen molar-refractivity contribution in [3.63, 3.8) is 0 Å². The first-order valence-electron chi connectivity index (χ1n) is 9.47. The molecule has 1 aliphatic rings. The molecule has 0 radical (unpaired) electrons. The topological polar surface area (TPSA) is 58.6 Å². The first kappa shape index (κ1) is 19.0. The van der Waals surface area contributed by atoms with Crippen LogP contribution in [-0.2, 0) is 9.53 Å². The molecule has 0 bridgehead atoms. The Labute approximate surface area is 160 Å². The van der Waals surface area contributed by atoms with Crippen molar-refractivity contribution < 1.29 is 14.3 Å². The highest BCUT2D eigenvalue weighted by atomic mass is 16.5. The van der Waals surface area contributed by atoms with Crippen molar-refractivity contribution >= 4 is 23.3 Å². The van der Waals surface area contributed by atoms with Gasteiger partial charge in [0.05, 0.1) is 17.9 Å². The van der Waals surface area contributed by atoms with Crippen LogP contribution in [0.4, 0.5) is 11.4 Å². The summed E-state index contributed by atoms with van der Waals surface area (Å²) in [6.45, 7) is 5.84. The number of piperidine rings is 1. The number of aryl methyl sites for hydroxylation is 1. The van der Waals surface area contributed by atoms with Crippen LogP contribution >= 0.6 is 0 Å². The number of benzene rings is 2. The molecule has 3 rings (SSSR count). The molecule has 0 atom stereocenters. The number of ether oxygens (including phenoxy) is 1. The summed E-state index contributed by atoms with van der Waals surface area (Å²) < 4.78 is 5.07. The number of nitrogens with zero attached hydrogens (tertiary/aromatic N) is 1. The molecule has 1 fully saturated rings. The average Bonchev–Trinajstić information content (AvgIpc) is 2.69. The van der Waals surface area contributed by atoms with E-state index in [-0.39, 0.29) is 11.8 Å². The smallest absolute Gasteiger partial charge is 0.340 e.